The highest BCUT2D eigenvalue weighted by Gasteiger charge is 2.33. The smallest absolute Gasteiger partial charge is 0.228 e. The monoisotopic (exact) mass is 289 g/mol. The molecule has 1 aromatic carbocycles. The topological polar surface area (TPSA) is 66.4 Å². The maximum Gasteiger partial charge on any atom is 0.228 e. The second-order valence-electron chi connectivity index (χ2n) is 6.06. The van der Waals surface area contributed by atoms with Crippen molar-refractivity contribution in [2.75, 3.05) is 6.61 Å². The number of benzene rings is 1. The fourth-order valence-corrected chi connectivity index (χ4v) is 3.01. The minimum Gasteiger partial charge on any atom is -0.394 e. The molecule has 1 aliphatic rings. The van der Waals surface area contributed by atoms with Gasteiger partial charge in [-0.05, 0) is 25.3 Å². The number of aliphatic hydroxyl groups is 1. The van der Waals surface area contributed by atoms with Gasteiger partial charge in [0.25, 0.3) is 0 Å². The van der Waals surface area contributed by atoms with Gasteiger partial charge in [0.2, 0.25) is 5.91 Å². The number of aliphatic hydroxyl groups excluding tert-OH is 1. The largest absolute Gasteiger partial charge is 0.394 e. The third-order valence-electron chi connectivity index (χ3n) is 4.19. The van der Waals surface area contributed by atoms with Gasteiger partial charge in [-0.1, -0.05) is 37.6 Å². The summed E-state index contributed by atoms with van der Waals surface area (Å²) in [6.45, 7) is 3.79. The maximum atomic E-state index is 12.6. The van der Waals surface area contributed by atoms with Gasteiger partial charge >= 0.3 is 0 Å². The van der Waals surface area contributed by atoms with Crippen LogP contribution in [0.2, 0.25) is 0 Å². The van der Waals surface area contributed by atoms with E-state index in [1.807, 2.05) is 32.0 Å². The molecule has 1 amide bonds. The van der Waals surface area contributed by atoms with Gasteiger partial charge in [0.1, 0.15) is 0 Å². The molecule has 0 radical (unpaired) electrons. The van der Waals surface area contributed by atoms with Crippen LogP contribution in [0.4, 0.5) is 0 Å². The summed E-state index contributed by atoms with van der Waals surface area (Å²) in [6.07, 6.45) is 2.55. The van der Waals surface area contributed by atoms with Crippen LogP contribution >= 0.6 is 0 Å². The summed E-state index contributed by atoms with van der Waals surface area (Å²) in [5.41, 5.74) is 0.871. The van der Waals surface area contributed by atoms with Gasteiger partial charge in [0, 0.05) is 12.0 Å². The molecule has 0 unspecified atom stereocenters. The number of amides is 1. The first kappa shape index (κ1) is 15.7. The lowest BCUT2D eigenvalue weighted by atomic mass is 9.81. The van der Waals surface area contributed by atoms with E-state index in [0.717, 1.165) is 18.4 Å². The van der Waals surface area contributed by atoms with Gasteiger partial charge in [-0.25, -0.2) is 0 Å². The Bertz CT molecular complexity index is 541. The first-order chi connectivity index (χ1) is 10.0. The number of hydrogen-bond acceptors (Lipinski definition) is 3. The van der Waals surface area contributed by atoms with Gasteiger partial charge in [-0.3, -0.25) is 9.59 Å². The van der Waals surface area contributed by atoms with Gasteiger partial charge in [-0.15, -0.1) is 0 Å². The molecule has 2 atom stereocenters. The van der Waals surface area contributed by atoms with E-state index in [1.54, 1.807) is 6.07 Å². The van der Waals surface area contributed by atoms with Crippen LogP contribution in [-0.2, 0) is 4.79 Å². The molecule has 21 heavy (non-hydrogen) atoms. The lowest BCUT2D eigenvalue weighted by Crippen LogP contribution is -2.50. The van der Waals surface area contributed by atoms with E-state index in [9.17, 15) is 14.7 Å². The van der Waals surface area contributed by atoms with Crippen molar-refractivity contribution in [2.45, 2.75) is 51.0 Å². The van der Waals surface area contributed by atoms with E-state index in [0.29, 0.717) is 18.4 Å². The number of carbonyl (C=O) groups is 2. The molecule has 1 aromatic rings. The SMILES string of the molecule is CCC[C@](C)(CO)NC(=O)[C@@H]1CCC(=O)c2ccccc21. The van der Waals surface area contributed by atoms with Crippen molar-refractivity contribution in [1.29, 1.82) is 0 Å². The second-order valence-corrected chi connectivity index (χ2v) is 6.06. The third-order valence-corrected chi connectivity index (χ3v) is 4.19. The van der Waals surface area contributed by atoms with E-state index >= 15 is 0 Å². The van der Waals surface area contributed by atoms with E-state index in [2.05, 4.69) is 5.32 Å². The summed E-state index contributed by atoms with van der Waals surface area (Å²) in [5, 5.41) is 12.5. The first-order valence-corrected chi connectivity index (χ1v) is 7.56. The normalized spacial score (nSPS) is 20.5. The molecule has 0 spiro atoms. The Hall–Kier alpha value is -1.68. The minimum absolute atomic E-state index is 0.0835. The van der Waals surface area contributed by atoms with Crippen LogP contribution in [0.25, 0.3) is 0 Å². The Morgan fingerprint density at radius 2 is 2.14 bits per heavy atom. The molecule has 4 heteroatoms. The molecule has 0 aliphatic heterocycles. The summed E-state index contributed by atoms with van der Waals surface area (Å²) in [7, 11) is 0. The van der Waals surface area contributed by atoms with Gasteiger partial charge in [0.15, 0.2) is 5.78 Å². The number of carbonyl (C=O) groups excluding carboxylic acids is 2. The first-order valence-electron chi connectivity index (χ1n) is 7.56. The van der Waals surface area contributed by atoms with Crippen LogP contribution in [0.3, 0.4) is 0 Å². The standard InChI is InChI=1S/C17H23NO3/c1-3-10-17(2,11-19)18-16(21)14-8-9-15(20)13-7-5-4-6-12(13)14/h4-7,14,19H,3,8-11H2,1-2H3,(H,18,21)/t14-,17-/m1/s1. The van der Waals surface area contributed by atoms with Crippen LogP contribution in [-0.4, -0.2) is 28.9 Å². The molecule has 0 saturated heterocycles. The second kappa shape index (κ2) is 6.39. The Morgan fingerprint density at radius 3 is 2.81 bits per heavy atom. The Morgan fingerprint density at radius 1 is 1.43 bits per heavy atom. The average molecular weight is 289 g/mol. The third kappa shape index (κ3) is 3.32. The minimum atomic E-state index is -0.595. The number of hydrogen-bond donors (Lipinski definition) is 2. The summed E-state index contributed by atoms with van der Waals surface area (Å²) >= 11 is 0. The van der Waals surface area contributed by atoms with Crippen LogP contribution < -0.4 is 5.32 Å². The van der Waals surface area contributed by atoms with Gasteiger partial charge < -0.3 is 10.4 Å². The maximum absolute atomic E-state index is 12.6. The van der Waals surface area contributed by atoms with Crippen LogP contribution in [0, 0.1) is 0 Å². The number of ketones is 1. The molecule has 114 valence electrons. The van der Waals surface area contributed by atoms with Crippen molar-refractivity contribution in [3.8, 4) is 0 Å². The molecule has 2 N–H and O–H groups in total. The molecular formula is C17H23NO3. The summed E-state index contributed by atoms with van der Waals surface area (Å²) in [5.74, 6) is -0.297. The number of fused-ring (bicyclic) bond motifs is 1. The van der Waals surface area contributed by atoms with Gasteiger partial charge in [0.05, 0.1) is 18.1 Å². The predicted molar refractivity (Wildman–Crippen MR) is 81.3 cm³/mol. The summed E-state index contributed by atoms with van der Waals surface area (Å²) < 4.78 is 0. The Kier molecular flexibility index (Phi) is 4.78. The van der Waals surface area contributed by atoms with Crippen molar-refractivity contribution in [3.05, 3.63) is 35.4 Å². The van der Waals surface area contributed by atoms with Crippen LogP contribution in [0.15, 0.2) is 24.3 Å². The Labute approximate surface area is 125 Å². The quantitative estimate of drug-likeness (QED) is 0.875. The van der Waals surface area contributed by atoms with Crippen molar-refractivity contribution < 1.29 is 14.7 Å². The zero-order chi connectivity index (χ0) is 15.5. The molecule has 2 rings (SSSR count). The zero-order valence-corrected chi connectivity index (χ0v) is 12.7. The van der Waals surface area contributed by atoms with Crippen LogP contribution in [0.5, 0.6) is 0 Å². The lowest BCUT2D eigenvalue weighted by molar-refractivity contribution is -0.125. The number of Topliss-reactive ketones (excluding diaryl/α,β-unsaturated/α-hetero) is 1. The number of nitrogens with one attached hydrogen (secondary N) is 1. The molecule has 0 fully saturated rings. The molecule has 0 bridgehead atoms. The van der Waals surface area contributed by atoms with Crippen molar-refractivity contribution in [2.24, 2.45) is 0 Å². The van der Waals surface area contributed by atoms with E-state index in [4.69, 9.17) is 0 Å². The van der Waals surface area contributed by atoms with Crippen molar-refractivity contribution >= 4 is 11.7 Å². The molecule has 4 nitrogen and oxygen atoms in total. The molecule has 0 aromatic heterocycles. The molecule has 0 saturated carbocycles. The zero-order valence-electron chi connectivity index (χ0n) is 12.7. The fourth-order valence-electron chi connectivity index (χ4n) is 3.01. The van der Waals surface area contributed by atoms with E-state index in [-0.39, 0.29) is 24.2 Å². The fraction of sp³-hybridized carbons (Fsp3) is 0.529. The predicted octanol–water partition coefficient (Wildman–Crippen LogP) is 2.41. The Balaban J connectivity index is 2.21. The van der Waals surface area contributed by atoms with E-state index in [1.165, 1.54) is 0 Å². The lowest BCUT2D eigenvalue weighted by Gasteiger charge is -2.32. The highest BCUT2D eigenvalue weighted by Crippen LogP contribution is 2.32. The highest BCUT2D eigenvalue weighted by molar-refractivity contribution is 6.01. The molecule has 1 aliphatic carbocycles. The van der Waals surface area contributed by atoms with Crippen molar-refractivity contribution in [1.82, 2.24) is 5.32 Å². The average Bonchev–Trinajstić information content (AvgIpc) is 2.48. The molecule has 0 heterocycles. The van der Waals surface area contributed by atoms with E-state index < -0.39 is 5.54 Å². The summed E-state index contributed by atoms with van der Waals surface area (Å²) in [6, 6.07) is 7.32. The van der Waals surface area contributed by atoms with Gasteiger partial charge in [-0.2, -0.15) is 0 Å². The molecular weight excluding hydrogens is 266 g/mol. The summed E-state index contributed by atoms with van der Waals surface area (Å²) in [4.78, 5) is 24.5. The van der Waals surface area contributed by atoms with Crippen LogP contribution in [0.1, 0.15) is 61.4 Å². The van der Waals surface area contributed by atoms with Crippen molar-refractivity contribution in [3.63, 3.8) is 0 Å². The highest BCUT2D eigenvalue weighted by atomic mass is 16.3. The number of rotatable bonds is 5.